The fourth-order valence-corrected chi connectivity index (χ4v) is 2.96. The third-order valence-corrected chi connectivity index (χ3v) is 4.25. The van der Waals surface area contributed by atoms with Crippen molar-refractivity contribution < 1.29 is 4.79 Å². The quantitative estimate of drug-likeness (QED) is 0.585. The van der Waals surface area contributed by atoms with Crippen LogP contribution in [0.4, 0.5) is 0 Å². The van der Waals surface area contributed by atoms with E-state index in [2.05, 4.69) is 15.4 Å². The van der Waals surface area contributed by atoms with Crippen molar-refractivity contribution in [2.75, 3.05) is 0 Å². The van der Waals surface area contributed by atoms with Crippen molar-refractivity contribution >= 4 is 28.4 Å². The van der Waals surface area contributed by atoms with Crippen molar-refractivity contribution in [3.05, 3.63) is 83.3 Å². The predicted octanol–water partition coefficient (Wildman–Crippen LogP) is 3.94. The first kappa shape index (κ1) is 15.5. The maximum atomic E-state index is 12.5. The summed E-state index contributed by atoms with van der Waals surface area (Å²) in [4.78, 5) is 15.6. The molecule has 0 aliphatic carbocycles. The summed E-state index contributed by atoms with van der Waals surface area (Å²) in [6.07, 6.45) is 3.60. The van der Waals surface area contributed by atoms with Gasteiger partial charge in [0.05, 0.1) is 5.69 Å². The first-order chi connectivity index (χ1) is 12.2. The molecule has 0 radical (unpaired) electrons. The van der Waals surface area contributed by atoms with E-state index < -0.39 is 0 Å². The van der Waals surface area contributed by atoms with Gasteiger partial charge in [-0.3, -0.25) is 4.79 Å². The molecule has 0 saturated carbocycles. The van der Waals surface area contributed by atoms with Crippen LogP contribution < -0.4 is 5.32 Å². The monoisotopic (exact) mass is 350 g/mol. The average Bonchev–Trinajstić information content (AvgIpc) is 3.29. The van der Waals surface area contributed by atoms with E-state index in [0.717, 1.165) is 22.2 Å². The van der Waals surface area contributed by atoms with Crippen molar-refractivity contribution in [3.8, 4) is 5.69 Å². The molecule has 0 unspecified atom stereocenters. The van der Waals surface area contributed by atoms with Crippen LogP contribution in [0.3, 0.4) is 0 Å². The average molecular weight is 351 g/mol. The summed E-state index contributed by atoms with van der Waals surface area (Å²) < 4.78 is 1.78. The van der Waals surface area contributed by atoms with E-state index in [1.807, 2.05) is 48.7 Å². The van der Waals surface area contributed by atoms with E-state index >= 15 is 0 Å². The molecule has 0 spiro atoms. The van der Waals surface area contributed by atoms with Gasteiger partial charge in [-0.05, 0) is 35.9 Å². The van der Waals surface area contributed by atoms with E-state index in [0.29, 0.717) is 17.3 Å². The lowest BCUT2D eigenvalue weighted by atomic mass is 10.1. The van der Waals surface area contributed by atoms with E-state index in [-0.39, 0.29) is 5.91 Å². The van der Waals surface area contributed by atoms with Crippen LogP contribution in [-0.2, 0) is 6.54 Å². The minimum absolute atomic E-state index is 0.164. The molecule has 0 saturated heterocycles. The van der Waals surface area contributed by atoms with Gasteiger partial charge in [-0.1, -0.05) is 35.9 Å². The number of carbonyl (C=O) groups excluding carboxylic acids is 1. The molecular weight excluding hydrogens is 336 g/mol. The van der Waals surface area contributed by atoms with E-state index in [9.17, 15) is 4.79 Å². The molecule has 0 atom stereocenters. The number of fused-ring (bicyclic) bond motifs is 1. The van der Waals surface area contributed by atoms with Crippen LogP contribution in [0.1, 0.15) is 16.1 Å². The normalized spacial score (nSPS) is 10.9. The fourth-order valence-electron chi connectivity index (χ4n) is 2.79. The second-order valence-corrected chi connectivity index (χ2v) is 6.11. The Hall–Kier alpha value is -3.05. The molecular formula is C19H15ClN4O. The topological polar surface area (TPSA) is 62.7 Å². The second-order valence-electron chi connectivity index (χ2n) is 5.68. The summed E-state index contributed by atoms with van der Waals surface area (Å²) in [6.45, 7) is 0.408. The molecule has 2 N–H and O–H groups in total. The molecule has 4 aromatic rings. The van der Waals surface area contributed by atoms with Gasteiger partial charge in [-0.15, -0.1) is 0 Å². The fraction of sp³-hybridized carbons (Fsp3) is 0.0526. The SMILES string of the molecule is O=C(NCc1ccccc1-n1cccn1)c1cc2ccc(Cl)cc2[nH]1. The molecule has 0 aliphatic heterocycles. The van der Waals surface area contributed by atoms with Crippen LogP contribution in [0.5, 0.6) is 0 Å². The molecule has 0 fully saturated rings. The highest BCUT2D eigenvalue weighted by Crippen LogP contribution is 2.20. The van der Waals surface area contributed by atoms with Crippen LogP contribution >= 0.6 is 11.6 Å². The number of hydrogen-bond donors (Lipinski definition) is 2. The molecule has 2 aromatic carbocycles. The number of hydrogen-bond acceptors (Lipinski definition) is 2. The molecule has 4 rings (SSSR count). The number of aromatic amines is 1. The van der Waals surface area contributed by atoms with Crippen molar-refractivity contribution in [3.63, 3.8) is 0 Å². The Labute approximate surface area is 149 Å². The predicted molar refractivity (Wildman–Crippen MR) is 98.0 cm³/mol. The van der Waals surface area contributed by atoms with Gasteiger partial charge in [0.1, 0.15) is 5.69 Å². The highest BCUT2D eigenvalue weighted by molar-refractivity contribution is 6.31. The first-order valence-electron chi connectivity index (χ1n) is 7.85. The van der Waals surface area contributed by atoms with Crippen LogP contribution in [-0.4, -0.2) is 20.7 Å². The Morgan fingerprint density at radius 3 is 2.88 bits per heavy atom. The summed E-state index contributed by atoms with van der Waals surface area (Å²) in [5.74, 6) is -0.164. The highest BCUT2D eigenvalue weighted by atomic mass is 35.5. The van der Waals surface area contributed by atoms with Crippen molar-refractivity contribution in [1.29, 1.82) is 0 Å². The van der Waals surface area contributed by atoms with E-state index in [1.165, 1.54) is 0 Å². The standard InChI is InChI=1S/C19H15ClN4O/c20-15-7-6-13-10-17(23-16(13)11-15)19(25)21-12-14-4-1-2-5-18(14)24-9-3-8-22-24/h1-11,23H,12H2,(H,21,25). The third kappa shape index (κ3) is 3.14. The van der Waals surface area contributed by atoms with Crippen LogP contribution in [0.2, 0.25) is 5.02 Å². The van der Waals surface area contributed by atoms with Crippen LogP contribution in [0.15, 0.2) is 67.0 Å². The minimum Gasteiger partial charge on any atom is -0.350 e. The lowest BCUT2D eigenvalue weighted by Crippen LogP contribution is -2.23. The molecule has 2 heterocycles. The number of aromatic nitrogens is 3. The number of carbonyl (C=O) groups is 1. The number of amides is 1. The number of nitrogens with one attached hydrogen (secondary N) is 2. The summed E-state index contributed by atoms with van der Waals surface area (Å²) in [5, 5.41) is 8.79. The highest BCUT2D eigenvalue weighted by Gasteiger charge is 2.11. The van der Waals surface area contributed by atoms with Crippen molar-refractivity contribution in [2.45, 2.75) is 6.54 Å². The summed E-state index contributed by atoms with van der Waals surface area (Å²) in [5.41, 5.74) is 3.28. The smallest absolute Gasteiger partial charge is 0.267 e. The largest absolute Gasteiger partial charge is 0.350 e. The lowest BCUT2D eigenvalue weighted by Gasteiger charge is -2.10. The number of halogens is 1. The van der Waals surface area contributed by atoms with Gasteiger partial charge in [-0.25, -0.2) is 4.68 Å². The second kappa shape index (κ2) is 6.45. The first-order valence-corrected chi connectivity index (χ1v) is 8.23. The zero-order valence-corrected chi connectivity index (χ0v) is 14.0. The summed E-state index contributed by atoms with van der Waals surface area (Å²) >= 11 is 5.99. The van der Waals surface area contributed by atoms with E-state index in [1.54, 1.807) is 23.0 Å². The molecule has 2 aromatic heterocycles. The Morgan fingerprint density at radius 1 is 1.16 bits per heavy atom. The molecule has 0 bridgehead atoms. The molecule has 0 aliphatic rings. The summed E-state index contributed by atoms with van der Waals surface area (Å²) in [6, 6.07) is 17.0. The zero-order valence-electron chi connectivity index (χ0n) is 13.2. The van der Waals surface area contributed by atoms with Crippen molar-refractivity contribution in [1.82, 2.24) is 20.1 Å². The maximum absolute atomic E-state index is 12.5. The number of rotatable bonds is 4. The Bertz CT molecular complexity index is 1040. The Balaban J connectivity index is 1.54. The molecule has 1 amide bonds. The molecule has 25 heavy (non-hydrogen) atoms. The molecule has 124 valence electrons. The van der Waals surface area contributed by atoms with Gasteiger partial charge in [0.25, 0.3) is 5.91 Å². The van der Waals surface area contributed by atoms with E-state index in [4.69, 9.17) is 11.6 Å². The number of H-pyrrole nitrogens is 1. The zero-order chi connectivity index (χ0) is 17.2. The Kier molecular flexibility index (Phi) is 3.99. The number of nitrogens with zero attached hydrogens (tertiary/aromatic N) is 2. The third-order valence-electron chi connectivity index (χ3n) is 4.01. The molecule has 5 nitrogen and oxygen atoms in total. The van der Waals surface area contributed by atoms with Gasteiger partial charge < -0.3 is 10.3 Å². The maximum Gasteiger partial charge on any atom is 0.267 e. The lowest BCUT2D eigenvalue weighted by molar-refractivity contribution is 0.0947. The van der Waals surface area contributed by atoms with Crippen molar-refractivity contribution in [2.24, 2.45) is 0 Å². The van der Waals surface area contributed by atoms with Gasteiger partial charge in [0, 0.05) is 34.9 Å². The number of para-hydroxylation sites is 1. The Morgan fingerprint density at radius 2 is 2.04 bits per heavy atom. The van der Waals surface area contributed by atoms with Gasteiger partial charge in [-0.2, -0.15) is 5.10 Å². The van der Waals surface area contributed by atoms with Crippen LogP contribution in [0.25, 0.3) is 16.6 Å². The van der Waals surface area contributed by atoms with Gasteiger partial charge >= 0.3 is 0 Å². The number of benzene rings is 2. The van der Waals surface area contributed by atoms with Gasteiger partial charge in [0.2, 0.25) is 0 Å². The van der Waals surface area contributed by atoms with Gasteiger partial charge in [0.15, 0.2) is 0 Å². The van der Waals surface area contributed by atoms with Crippen LogP contribution in [0, 0.1) is 0 Å². The summed E-state index contributed by atoms with van der Waals surface area (Å²) in [7, 11) is 0. The molecule has 6 heteroatoms. The minimum atomic E-state index is -0.164.